The first kappa shape index (κ1) is 16.7. The molecule has 1 aliphatic rings. The van der Waals surface area contributed by atoms with Crippen molar-refractivity contribution in [1.29, 1.82) is 0 Å². The van der Waals surface area contributed by atoms with E-state index in [4.69, 9.17) is 0 Å². The fraction of sp³-hybridized carbons (Fsp3) is 0.800. The molecule has 1 amide bonds. The number of thioether (sulfide) groups is 1. The van der Waals surface area contributed by atoms with Gasteiger partial charge in [0.15, 0.2) is 4.34 Å². The smallest absolute Gasteiger partial charge is 0.236 e. The Balaban J connectivity index is 2.04. The molecule has 1 heterocycles. The van der Waals surface area contributed by atoms with Crippen molar-refractivity contribution < 1.29 is 4.79 Å². The summed E-state index contributed by atoms with van der Waals surface area (Å²) in [5.41, 5.74) is 0. The molecule has 2 rings (SSSR count). The van der Waals surface area contributed by atoms with Crippen LogP contribution in [0.2, 0.25) is 0 Å². The van der Waals surface area contributed by atoms with Crippen LogP contribution in [0.25, 0.3) is 0 Å². The maximum atomic E-state index is 12.9. The van der Waals surface area contributed by atoms with Gasteiger partial charge < -0.3 is 4.90 Å². The summed E-state index contributed by atoms with van der Waals surface area (Å²) in [6, 6.07) is 0.421. The molecule has 1 fully saturated rings. The molecule has 0 saturated heterocycles. The summed E-state index contributed by atoms with van der Waals surface area (Å²) in [5, 5.41) is 9.09. The minimum Gasteiger partial charge on any atom is -0.342 e. The number of carbonyl (C=O) groups is 1. The maximum absolute atomic E-state index is 12.9. The average molecular weight is 328 g/mol. The Labute approximate surface area is 135 Å². The van der Waals surface area contributed by atoms with Gasteiger partial charge in [-0.15, -0.1) is 10.2 Å². The predicted molar refractivity (Wildman–Crippen MR) is 88.8 cm³/mol. The van der Waals surface area contributed by atoms with Gasteiger partial charge in [0, 0.05) is 13.1 Å². The van der Waals surface area contributed by atoms with E-state index in [9.17, 15) is 4.79 Å². The Morgan fingerprint density at radius 2 is 1.95 bits per heavy atom. The van der Waals surface area contributed by atoms with Crippen LogP contribution in [0, 0.1) is 12.8 Å². The summed E-state index contributed by atoms with van der Waals surface area (Å²) < 4.78 is 0.900. The summed E-state index contributed by atoms with van der Waals surface area (Å²) in [7, 11) is 1.97. The number of amides is 1. The third kappa shape index (κ3) is 4.42. The molecule has 21 heavy (non-hydrogen) atoms. The summed E-state index contributed by atoms with van der Waals surface area (Å²) in [6.45, 7) is 6.17. The number of hydrogen-bond donors (Lipinski definition) is 0. The molecular formula is C15H25N3OS2. The highest BCUT2D eigenvalue weighted by molar-refractivity contribution is 8.02. The summed E-state index contributed by atoms with van der Waals surface area (Å²) in [6.07, 6.45) is 6.10. The molecule has 0 aliphatic heterocycles. The molecular weight excluding hydrogens is 302 g/mol. The van der Waals surface area contributed by atoms with Gasteiger partial charge in [0.05, 0.1) is 5.25 Å². The zero-order chi connectivity index (χ0) is 15.4. The van der Waals surface area contributed by atoms with Gasteiger partial charge in [-0.05, 0) is 25.7 Å². The number of nitrogens with zero attached hydrogens (tertiary/aromatic N) is 3. The van der Waals surface area contributed by atoms with E-state index in [2.05, 4.69) is 24.0 Å². The molecule has 1 aromatic rings. The van der Waals surface area contributed by atoms with Crippen molar-refractivity contribution in [3.05, 3.63) is 5.01 Å². The van der Waals surface area contributed by atoms with E-state index in [0.717, 1.165) is 22.2 Å². The van der Waals surface area contributed by atoms with Crippen molar-refractivity contribution in [3.63, 3.8) is 0 Å². The van der Waals surface area contributed by atoms with Crippen molar-refractivity contribution >= 4 is 29.0 Å². The van der Waals surface area contributed by atoms with Crippen LogP contribution in [0.4, 0.5) is 0 Å². The topological polar surface area (TPSA) is 46.1 Å². The van der Waals surface area contributed by atoms with Crippen LogP contribution in [0.1, 0.15) is 51.0 Å². The van der Waals surface area contributed by atoms with Crippen molar-refractivity contribution in [2.45, 2.75) is 68.5 Å². The molecule has 4 nitrogen and oxygen atoms in total. The molecule has 1 aromatic heterocycles. The average Bonchev–Trinajstić information content (AvgIpc) is 2.89. The van der Waals surface area contributed by atoms with E-state index in [1.807, 2.05) is 18.9 Å². The van der Waals surface area contributed by atoms with Crippen LogP contribution in [-0.2, 0) is 4.79 Å². The first-order chi connectivity index (χ1) is 9.99. The van der Waals surface area contributed by atoms with Gasteiger partial charge >= 0.3 is 0 Å². The second-order valence-electron chi connectivity index (χ2n) is 6.11. The molecule has 1 atom stereocenters. The van der Waals surface area contributed by atoms with Gasteiger partial charge in [0.25, 0.3) is 0 Å². The van der Waals surface area contributed by atoms with Crippen LogP contribution in [0.5, 0.6) is 0 Å². The monoisotopic (exact) mass is 327 g/mol. The molecule has 1 aliphatic carbocycles. The lowest BCUT2D eigenvalue weighted by molar-refractivity contribution is -0.132. The normalized spacial score (nSPS) is 18.0. The van der Waals surface area contributed by atoms with Gasteiger partial charge in [0.1, 0.15) is 5.01 Å². The van der Waals surface area contributed by atoms with E-state index in [1.165, 1.54) is 19.3 Å². The summed E-state index contributed by atoms with van der Waals surface area (Å²) in [5.74, 6) is 0.535. The van der Waals surface area contributed by atoms with Crippen molar-refractivity contribution in [1.82, 2.24) is 15.1 Å². The lowest BCUT2D eigenvalue weighted by atomic mass is 9.94. The number of aromatic nitrogens is 2. The van der Waals surface area contributed by atoms with E-state index in [0.29, 0.717) is 6.04 Å². The lowest BCUT2D eigenvalue weighted by Crippen LogP contribution is -2.44. The second kappa shape index (κ2) is 7.58. The minimum absolute atomic E-state index is 0.0655. The van der Waals surface area contributed by atoms with Crippen LogP contribution < -0.4 is 0 Å². The Morgan fingerprint density at radius 3 is 2.48 bits per heavy atom. The van der Waals surface area contributed by atoms with Crippen LogP contribution in [-0.4, -0.2) is 39.3 Å². The highest BCUT2D eigenvalue weighted by Gasteiger charge is 2.31. The lowest BCUT2D eigenvalue weighted by Gasteiger charge is -2.34. The maximum Gasteiger partial charge on any atom is 0.236 e. The molecule has 0 aromatic carbocycles. The van der Waals surface area contributed by atoms with Crippen molar-refractivity contribution in [3.8, 4) is 0 Å². The molecule has 0 N–H and O–H groups in total. The van der Waals surface area contributed by atoms with Gasteiger partial charge in [-0.25, -0.2) is 0 Å². The van der Waals surface area contributed by atoms with Gasteiger partial charge in [-0.2, -0.15) is 0 Å². The summed E-state index contributed by atoms with van der Waals surface area (Å²) >= 11 is 3.14. The van der Waals surface area contributed by atoms with E-state index in [1.54, 1.807) is 23.1 Å². The molecule has 1 saturated carbocycles. The zero-order valence-electron chi connectivity index (χ0n) is 13.3. The summed E-state index contributed by atoms with van der Waals surface area (Å²) in [4.78, 5) is 14.8. The van der Waals surface area contributed by atoms with Crippen LogP contribution in [0.3, 0.4) is 0 Å². The first-order valence-corrected chi connectivity index (χ1v) is 9.42. The molecule has 0 radical (unpaired) electrons. The zero-order valence-corrected chi connectivity index (χ0v) is 15.0. The highest BCUT2D eigenvalue weighted by Crippen LogP contribution is 2.32. The number of aryl methyl sites for hydroxylation is 1. The Hall–Kier alpha value is -0.620. The fourth-order valence-corrected chi connectivity index (χ4v) is 4.88. The van der Waals surface area contributed by atoms with E-state index >= 15 is 0 Å². The van der Waals surface area contributed by atoms with Gasteiger partial charge in [-0.1, -0.05) is 56.2 Å². The molecule has 0 bridgehead atoms. The fourth-order valence-electron chi connectivity index (χ4n) is 2.76. The predicted octanol–water partition coefficient (Wildman–Crippen LogP) is 3.75. The standard InChI is InChI=1S/C15H25N3OS2/c1-10(2)13(21-15-17-16-11(3)20-15)14(19)18(4)12-8-6-5-7-9-12/h10,12-13H,5-9H2,1-4H3/t13-/m1/s1. The number of rotatable bonds is 5. The van der Waals surface area contributed by atoms with E-state index in [-0.39, 0.29) is 17.1 Å². The molecule has 0 spiro atoms. The molecule has 118 valence electrons. The quantitative estimate of drug-likeness (QED) is 0.773. The third-order valence-electron chi connectivity index (χ3n) is 4.05. The third-order valence-corrected chi connectivity index (χ3v) is 6.51. The van der Waals surface area contributed by atoms with Crippen molar-refractivity contribution in [2.24, 2.45) is 5.92 Å². The Bertz CT molecular complexity index is 469. The van der Waals surface area contributed by atoms with Gasteiger partial charge in [-0.3, -0.25) is 4.79 Å². The first-order valence-electron chi connectivity index (χ1n) is 7.72. The molecule has 0 unspecified atom stereocenters. The Morgan fingerprint density at radius 1 is 1.29 bits per heavy atom. The Kier molecular flexibility index (Phi) is 6.05. The SMILES string of the molecule is Cc1nnc(S[C@@H](C(=O)N(C)C2CCCCC2)C(C)C)s1. The van der Waals surface area contributed by atoms with Crippen molar-refractivity contribution in [2.75, 3.05) is 7.05 Å². The molecule has 6 heteroatoms. The number of hydrogen-bond acceptors (Lipinski definition) is 5. The van der Waals surface area contributed by atoms with Crippen LogP contribution in [0.15, 0.2) is 4.34 Å². The second-order valence-corrected chi connectivity index (χ2v) is 8.68. The van der Waals surface area contributed by atoms with E-state index < -0.39 is 0 Å². The minimum atomic E-state index is -0.0655. The number of carbonyl (C=O) groups excluding carboxylic acids is 1. The highest BCUT2D eigenvalue weighted by atomic mass is 32.2. The largest absolute Gasteiger partial charge is 0.342 e. The van der Waals surface area contributed by atoms with Crippen LogP contribution >= 0.6 is 23.1 Å². The van der Waals surface area contributed by atoms with Gasteiger partial charge in [0.2, 0.25) is 5.91 Å².